The summed E-state index contributed by atoms with van der Waals surface area (Å²) < 4.78 is 16.9. The third kappa shape index (κ3) is 19.3. The quantitative estimate of drug-likeness (QED) is 0.174. The van der Waals surface area contributed by atoms with Crippen LogP contribution in [0.1, 0.15) is 31.7 Å². The van der Waals surface area contributed by atoms with Gasteiger partial charge in [-0.05, 0) is 37.0 Å². The molecule has 1 aliphatic heterocycles. The maximum absolute atomic E-state index is 12.0. The van der Waals surface area contributed by atoms with Crippen LogP contribution in [0.5, 0.6) is 0 Å². The number of likely N-dealkylation sites (tertiary alicyclic amines) is 1. The van der Waals surface area contributed by atoms with Crippen molar-refractivity contribution in [2.45, 2.75) is 38.8 Å². The zero-order chi connectivity index (χ0) is 30.7. The van der Waals surface area contributed by atoms with Crippen LogP contribution in [0.3, 0.4) is 0 Å². The standard InChI is InChI=1S/C11H16FN3O4.C8H10O.C5H5N.C4H11N3/c12-4-8(17)5-14-11(19)9-2-1-3-15(9)10(18)6-13-7-16;1-9-7-8-5-3-2-4-6-8;1-2-4-6-5-3-1;1-2-3-7-4(5)6/h7,9H,1-6H2,(H,13,16)(H,14,19);2-6H,7H2,1H3;1-5H;2-3H2,1H3,(H4,5,6,7). The molecule has 6 N–H and O–H groups in total. The topological polar surface area (TPSA) is 182 Å². The minimum absolute atomic E-state index is 0.170. The number of nitrogens with zero attached hydrogens (tertiary/aromatic N) is 3. The minimum Gasteiger partial charge on any atom is -0.380 e. The molecule has 1 unspecified atom stereocenters. The third-order valence-electron chi connectivity index (χ3n) is 5.06. The number of aliphatic imine (C=N–C) groups is 1. The van der Waals surface area contributed by atoms with Crippen molar-refractivity contribution < 1.29 is 28.3 Å². The van der Waals surface area contributed by atoms with Gasteiger partial charge < -0.3 is 31.7 Å². The molecular formula is C28H42FN7O5. The van der Waals surface area contributed by atoms with Crippen LogP contribution in [-0.4, -0.2) is 85.9 Å². The van der Waals surface area contributed by atoms with Crippen LogP contribution in [-0.2, 0) is 30.5 Å². The number of guanidine groups is 1. The second-order valence-corrected chi connectivity index (χ2v) is 8.38. The molecule has 226 valence electrons. The number of hydrogen-bond donors (Lipinski definition) is 4. The molecule has 13 heteroatoms. The van der Waals surface area contributed by atoms with Crippen LogP contribution in [0.15, 0.2) is 65.9 Å². The maximum Gasteiger partial charge on any atom is 0.243 e. The summed E-state index contributed by atoms with van der Waals surface area (Å²) in [6.07, 6.45) is 6.06. The number of aromatic nitrogens is 1. The average molecular weight is 576 g/mol. The number of benzene rings is 1. The van der Waals surface area contributed by atoms with Crippen molar-refractivity contribution in [3.05, 3.63) is 66.5 Å². The largest absolute Gasteiger partial charge is 0.380 e. The lowest BCUT2D eigenvalue weighted by Gasteiger charge is -2.23. The van der Waals surface area contributed by atoms with E-state index in [1.807, 2.05) is 55.5 Å². The van der Waals surface area contributed by atoms with Gasteiger partial charge in [0.2, 0.25) is 18.2 Å². The van der Waals surface area contributed by atoms with E-state index in [1.54, 1.807) is 19.5 Å². The zero-order valence-electron chi connectivity index (χ0n) is 23.7. The molecular weight excluding hydrogens is 533 g/mol. The first-order chi connectivity index (χ1) is 19.8. The van der Waals surface area contributed by atoms with E-state index in [1.165, 1.54) is 10.5 Å². The van der Waals surface area contributed by atoms with Crippen molar-refractivity contribution in [1.82, 2.24) is 20.5 Å². The SMILES string of the molecule is CCCN=C(N)N.COCc1ccccc1.O=CNCC(=O)N1CCCC1C(=O)NCC(=O)CF.c1ccncc1. The fraction of sp³-hybridized carbons (Fsp3) is 0.429. The molecule has 1 atom stereocenters. The molecule has 12 nitrogen and oxygen atoms in total. The van der Waals surface area contributed by atoms with Gasteiger partial charge in [-0.15, -0.1) is 0 Å². The highest BCUT2D eigenvalue weighted by Crippen LogP contribution is 2.17. The molecule has 3 rings (SSSR count). The van der Waals surface area contributed by atoms with Gasteiger partial charge in [0.1, 0.15) is 12.7 Å². The number of nitrogens with one attached hydrogen (secondary N) is 2. The highest BCUT2D eigenvalue weighted by Gasteiger charge is 2.33. The summed E-state index contributed by atoms with van der Waals surface area (Å²) in [7, 11) is 1.70. The lowest BCUT2D eigenvalue weighted by atomic mass is 10.2. The van der Waals surface area contributed by atoms with E-state index in [4.69, 9.17) is 16.2 Å². The Hall–Kier alpha value is -4.39. The molecule has 1 aromatic carbocycles. The summed E-state index contributed by atoms with van der Waals surface area (Å²) in [5.41, 5.74) is 11.2. The first-order valence-corrected chi connectivity index (χ1v) is 13.1. The van der Waals surface area contributed by atoms with Crippen molar-refractivity contribution in [2.24, 2.45) is 16.5 Å². The van der Waals surface area contributed by atoms with Gasteiger partial charge in [0.25, 0.3) is 0 Å². The molecule has 1 saturated heterocycles. The van der Waals surface area contributed by atoms with Crippen molar-refractivity contribution >= 4 is 30.0 Å². The van der Waals surface area contributed by atoms with Crippen molar-refractivity contribution in [1.29, 1.82) is 0 Å². The van der Waals surface area contributed by atoms with E-state index >= 15 is 0 Å². The molecule has 1 fully saturated rings. The fourth-order valence-corrected chi connectivity index (χ4v) is 3.21. The Morgan fingerprint density at radius 3 is 2.24 bits per heavy atom. The van der Waals surface area contributed by atoms with Crippen LogP contribution >= 0.6 is 0 Å². The highest BCUT2D eigenvalue weighted by molar-refractivity contribution is 5.92. The molecule has 2 heterocycles. The molecule has 0 saturated carbocycles. The summed E-state index contributed by atoms with van der Waals surface area (Å²) in [5, 5.41) is 4.54. The first kappa shape index (κ1) is 36.6. The normalized spacial score (nSPS) is 13.0. The van der Waals surface area contributed by atoms with E-state index < -0.39 is 24.4 Å². The Morgan fingerprint density at radius 1 is 1.12 bits per heavy atom. The smallest absolute Gasteiger partial charge is 0.243 e. The van der Waals surface area contributed by atoms with Gasteiger partial charge in [0.15, 0.2) is 11.7 Å². The van der Waals surface area contributed by atoms with Crippen LogP contribution in [0.25, 0.3) is 0 Å². The van der Waals surface area contributed by atoms with Gasteiger partial charge in [-0.2, -0.15) is 0 Å². The molecule has 3 amide bonds. The molecule has 1 aliphatic rings. The minimum atomic E-state index is -1.13. The Morgan fingerprint density at radius 2 is 1.78 bits per heavy atom. The van der Waals surface area contributed by atoms with Gasteiger partial charge >= 0.3 is 0 Å². The predicted molar refractivity (Wildman–Crippen MR) is 155 cm³/mol. The van der Waals surface area contributed by atoms with Crippen molar-refractivity contribution in [3.63, 3.8) is 0 Å². The highest BCUT2D eigenvalue weighted by atomic mass is 19.1. The van der Waals surface area contributed by atoms with E-state index in [2.05, 4.69) is 20.6 Å². The molecule has 0 aliphatic carbocycles. The lowest BCUT2D eigenvalue weighted by Crippen LogP contribution is -2.49. The number of pyridine rings is 1. The summed E-state index contributed by atoms with van der Waals surface area (Å²) in [6.45, 7) is 2.22. The van der Waals surface area contributed by atoms with Gasteiger partial charge in [0.05, 0.1) is 19.7 Å². The van der Waals surface area contributed by atoms with E-state index in [-0.39, 0.29) is 25.0 Å². The molecule has 2 aromatic rings. The fourth-order valence-electron chi connectivity index (χ4n) is 3.21. The second kappa shape index (κ2) is 24.6. The van der Waals surface area contributed by atoms with Gasteiger partial charge in [-0.1, -0.05) is 43.3 Å². The Labute approximate surface area is 240 Å². The maximum atomic E-state index is 12.0. The number of amides is 3. The van der Waals surface area contributed by atoms with Crippen LogP contribution in [0.2, 0.25) is 0 Å². The monoisotopic (exact) mass is 575 g/mol. The number of ketones is 1. The summed E-state index contributed by atoms with van der Waals surface area (Å²) >= 11 is 0. The number of ether oxygens (including phenoxy) is 1. The Balaban J connectivity index is 0.000000597. The zero-order valence-corrected chi connectivity index (χ0v) is 23.7. The van der Waals surface area contributed by atoms with Crippen LogP contribution < -0.4 is 22.1 Å². The number of carbonyl (C=O) groups is 4. The summed E-state index contributed by atoms with van der Waals surface area (Å²) in [4.78, 5) is 53.2. The predicted octanol–water partition coefficient (Wildman–Crippen LogP) is 0.963. The number of rotatable bonds is 11. The van der Waals surface area contributed by atoms with E-state index in [0.29, 0.717) is 32.4 Å². The molecule has 0 bridgehead atoms. The summed E-state index contributed by atoms with van der Waals surface area (Å²) in [5.74, 6) is -1.37. The van der Waals surface area contributed by atoms with E-state index in [9.17, 15) is 23.6 Å². The Kier molecular flexibility index (Phi) is 22.0. The van der Waals surface area contributed by atoms with Gasteiger partial charge in [-0.25, -0.2) is 4.39 Å². The number of nitrogens with two attached hydrogens (primary N) is 2. The first-order valence-electron chi connectivity index (χ1n) is 13.1. The average Bonchev–Trinajstić information content (AvgIpc) is 3.50. The van der Waals surface area contributed by atoms with Crippen molar-refractivity contribution in [3.8, 4) is 0 Å². The Bertz CT molecular complexity index is 983. The number of carbonyl (C=O) groups excluding carboxylic acids is 4. The van der Waals surface area contributed by atoms with Crippen molar-refractivity contribution in [2.75, 3.05) is 40.0 Å². The lowest BCUT2D eigenvalue weighted by molar-refractivity contribution is -0.138. The number of hydrogen-bond acceptors (Lipinski definition) is 7. The molecule has 0 radical (unpaired) electrons. The van der Waals surface area contributed by atoms with Crippen LogP contribution in [0.4, 0.5) is 4.39 Å². The number of methoxy groups -OCH3 is 1. The van der Waals surface area contributed by atoms with Gasteiger partial charge in [0, 0.05) is 32.6 Å². The van der Waals surface area contributed by atoms with Crippen LogP contribution in [0, 0.1) is 0 Å². The number of Topliss-reactive ketones (excluding diaryl/α,β-unsaturated/α-hetero) is 1. The molecule has 41 heavy (non-hydrogen) atoms. The number of halogens is 1. The molecule has 1 aromatic heterocycles. The van der Waals surface area contributed by atoms with Gasteiger partial charge in [-0.3, -0.25) is 29.2 Å². The van der Waals surface area contributed by atoms with E-state index in [0.717, 1.165) is 13.0 Å². The third-order valence-corrected chi connectivity index (χ3v) is 5.06. The summed E-state index contributed by atoms with van der Waals surface area (Å²) in [6, 6.07) is 15.2. The number of alkyl halides is 1. The second-order valence-electron chi connectivity index (χ2n) is 8.38. The molecule has 0 spiro atoms.